The van der Waals surface area contributed by atoms with Crippen LogP contribution in [0.2, 0.25) is 0 Å². The highest BCUT2D eigenvalue weighted by Crippen LogP contribution is 2.25. The van der Waals surface area contributed by atoms with Crippen LogP contribution < -0.4 is 14.9 Å². The number of hydrogen-bond acceptors (Lipinski definition) is 4. The summed E-state index contributed by atoms with van der Waals surface area (Å²) in [6.07, 6.45) is 1.34. The first-order valence-electron chi connectivity index (χ1n) is 10.7. The molecule has 1 fully saturated rings. The second-order valence-corrected chi connectivity index (χ2v) is 9.71. The van der Waals surface area contributed by atoms with E-state index in [0.29, 0.717) is 24.2 Å². The number of hydrogen-bond donors (Lipinski definition) is 2. The fourth-order valence-corrected chi connectivity index (χ4v) is 4.79. The van der Waals surface area contributed by atoms with Gasteiger partial charge in [0, 0.05) is 36.4 Å². The predicted molar refractivity (Wildman–Crippen MR) is 128 cm³/mol. The summed E-state index contributed by atoms with van der Waals surface area (Å²) in [7, 11) is -3.80. The Balaban J connectivity index is 1.51. The lowest BCUT2D eigenvalue weighted by Gasteiger charge is -2.17. The number of sulfonamides is 1. The number of carbonyl (C=O) groups is 2. The van der Waals surface area contributed by atoms with Crippen LogP contribution in [0.1, 0.15) is 34.3 Å². The molecule has 0 radical (unpaired) electrons. The summed E-state index contributed by atoms with van der Waals surface area (Å²) in [6, 6.07) is 20.8. The molecule has 1 aliphatic rings. The van der Waals surface area contributed by atoms with Crippen LogP contribution in [0.25, 0.3) is 0 Å². The standard InChI is InChI=1S/C25H25N3O4S/c1-18-12-13-22(33(31,32)26-17-19-7-3-2-4-8-19)16-23(18)25(30)27-20-9-5-10-21(15-20)28-14-6-11-24(28)29/h2-5,7-10,12-13,15-16,26H,6,11,14,17H2,1H3,(H,27,30). The highest BCUT2D eigenvalue weighted by molar-refractivity contribution is 7.89. The van der Waals surface area contributed by atoms with Gasteiger partial charge < -0.3 is 10.2 Å². The quantitative estimate of drug-likeness (QED) is 0.556. The van der Waals surface area contributed by atoms with Crippen LogP contribution >= 0.6 is 0 Å². The molecule has 1 aliphatic heterocycles. The zero-order valence-electron chi connectivity index (χ0n) is 18.2. The van der Waals surface area contributed by atoms with Crippen LogP contribution in [-0.4, -0.2) is 26.8 Å². The van der Waals surface area contributed by atoms with Crippen LogP contribution in [0.3, 0.4) is 0 Å². The molecule has 0 saturated carbocycles. The van der Waals surface area contributed by atoms with Gasteiger partial charge in [-0.05, 0) is 54.8 Å². The molecule has 0 aliphatic carbocycles. The van der Waals surface area contributed by atoms with Gasteiger partial charge in [-0.2, -0.15) is 0 Å². The molecule has 1 heterocycles. The van der Waals surface area contributed by atoms with Crippen LogP contribution in [0.15, 0.2) is 77.7 Å². The molecule has 2 amide bonds. The number of carbonyl (C=O) groups excluding carboxylic acids is 2. The van der Waals surface area contributed by atoms with E-state index in [1.807, 2.05) is 36.4 Å². The predicted octanol–water partition coefficient (Wildman–Crippen LogP) is 3.85. The topological polar surface area (TPSA) is 95.6 Å². The highest BCUT2D eigenvalue weighted by Gasteiger charge is 2.22. The van der Waals surface area contributed by atoms with Crippen LogP contribution in [0.4, 0.5) is 11.4 Å². The summed E-state index contributed by atoms with van der Waals surface area (Å²) in [5.74, 6) is -0.354. The Morgan fingerprint density at radius 3 is 2.52 bits per heavy atom. The van der Waals surface area contributed by atoms with Crippen LogP contribution in [0.5, 0.6) is 0 Å². The molecule has 8 heteroatoms. The van der Waals surface area contributed by atoms with E-state index >= 15 is 0 Å². The minimum absolute atomic E-state index is 0.0191. The van der Waals surface area contributed by atoms with E-state index in [2.05, 4.69) is 10.0 Å². The second kappa shape index (κ2) is 9.56. The first kappa shape index (κ1) is 22.7. The normalized spacial score (nSPS) is 13.8. The van der Waals surface area contributed by atoms with Gasteiger partial charge in [0.25, 0.3) is 5.91 Å². The van der Waals surface area contributed by atoms with Gasteiger partial charge >= 0.3 is 0 Å². The molecular formula is C25H25N3O4S. The van der Waals surface area contributed by atoms with Crippen molar-refractivity contribution in [1.29, 1.82) is 0 Å². The summed E-state index contributed by atoms with van der Waals surface area (Å²) in [5, 5.41) is 2.82. The Morgan fingerprint density at radius 1 is 1.00 bits per heavy atom. The van der Waals surface area contributed by atoms with Gasteiger partial charge in [0.2, 0.25) is 15.9 Å². The van der Waals surface area contributed by atoms with Crippen molar-refractivity contribution in [3.8, 4) is 0 Å². The minimum atomic E-state index is -3.80. The maximum absolute atomic E-state index is 13.0. The smallest absolute Gasteiger partial charge is 0.255 e. The lowest BCUT2D eigenvalue weighted by molar-refractivity contribution is -0.117. The zero-order chi connectivity index (χ0) is 23.4. The van der Waals surface area contributed by atoms with Gasteiger partial charge in [-0.3, -0.25) is 9.59 Å². The van der Waals surface area contributed by atoms with E-state index < -0.39 is 15.9 Å². The van der Waals surface area contributed by atoms with E-state index in [0.717, 1.165) is 17.7 Å². The molecular weight excluding hydrogens is 438 g/mol. The summed E-state index contributed by atoms with van der Waals surface area (Å²) in [5.41, 5.74) is 3.02. The SMILES string of the molecule is Cc1ccc(S(=O)(=O)NCc2ccccc2)cc1C(=O)Nc1cccc(N2CCCC2=O)c1. The fraction of sp³-hybridized carbons (Fsp3) is 0.200. The number of anilines is 2. The zero-order valence-corrected chi connectivity index (χ0v) is 19.1. The molecule has 170 valence electrons. The molecule has 1 saturated heterocycles. The number of amides is 2. The largest absolute Gasteiger partial charge is 0.322 e. The molecule has 0 unspecified atom stereocenters. The molecule has 33 heavy (non-hydrogen) atoms. The molecule has 4 rings (SSSR count). The number of nitrogens with zero attached hydrogens (tertiary/aromatic N) is 1. The van der Waals surface area contributed by atoms with Crippen molar-refractivity contribution in [1.82, 2.24) is 4.72 Å². The third kappa shape index (κ3) is 5.30. The van der Waals surface area contributed by atoms with Crippen molar-refractivity contribution >= 4 is 33.2 Å². The van der Waals surface area contributed by atoms with Gasteiger partial charge in [0.15, 0.2) is 0 Å². The van der Waals surface area contributed by atoms with E-state index in [-0.39, 0.29) is 22.9 Å². The summed E-state index contributed by atoms with van der Waals surface area (Å²) >= 11 is 0. The molecule has 3 aromatic rings. The maximum atomic E-state index is 13.0. The molecule has 0 bridgehead atoms. The number of rotatable bonds is 7. The van der Waals surface area contributed by atoms with E-state index in [9.17, 15) is 18.0 Å². The van der Waals surface area contributed by atoms with Crippen molar-refractivity contribution < 1.29 is 18.0 Å². The monoisotopic (exact) mass is 463 g/mol. The lowest BCUT2D eigenvalue weighted by atomic mass is 10.1. The van der Waals surface area contributed by atoms with Gasteiger partial charge in [-0.1, -0.05) is 42.5 Å². The van der Waals surface area contributed by atoms with Crippen LogP contribution in [-0.2, 0) is 21.4 Å². The molecule has 0 atom stereocenters. The summed E-state index contributed by atoms with van der Waals surface area (Å²) < 4.78 is 28.2. The summed E-state index contributed by atoms with van der Waals surface area (Å²) in [4.78, 5) is 26.7. The molecule has 2 N–H and O–H groups in total. The van der Waals surface area contributed by atoms with E-state index in [1.54, 1.807) is 36.1 Å². The third-order valence-electron chi connectivity index (χ3n) is 5.56. The van der Waals surface area contributed by atoms with Crippen molar-refractivity contribution in [3.05, 3.63) is 89.5 Å². The summed E-state index contributed by atoms with van der Waals surface area (Å²) in [6.45, 7) is 2.56. The van der Waals surface area contributed by atoms with Gasteiger partial charge in [0.05, 0.1) is 4.90 Å². The Kier molecular flexibility index (Phi) is 6.57. The average molecular weight is 464 g/mol. The van der Waals surface area contributed by atoms with E-state index in [4.69, 9.17) is 0 Å². The number of aryl methyl sites for hydroxylation is 1. The van der Waals surface area contributed by atoms with E-state index in [1.165, 1.54) is 12.1 Å². The highest BCUT2D eigenvalue weighted by atomic mass is 32.2. The maximum Gasteiger partial charge on any atom is 0.255 e. The van der Waals surface area contributed by atoms with Gasteiger partial charge in [-0.25, -0.2) is 13.1 Å². The Morgan fingerprint density at radius 2 is 1.79 bits per heavy atom. The van der Waals surface area contributed by atoms with Gasteiger partial charge in [0.1, 0.15) is 0 Å². The van der Waals surface area contributed by atoms with Gasteiger partial charge in [-0.15, -0.1) is 0 Å². The van der Waals surface area contributed by atoms with Crippen molar-refractivity contribution in [2.45, 2.75) is 31.2 Å². The van der Waals surface area contributed by atoms with Crippen LogP contribution in [0, 0.1) is 6.92 Å². The fourth-order valence-electron chi connectivity index (χ4n) is 3.74. The van der Waals surface area contributed by atoms with Crippen molar-refractivity contribution in [2.24, 2.45) is 0 Å². The minimum Gasteiger partial charge on any atom is -0.322 e. The Bertz CT molecular complexity index is 1290. The molecule has 3 aromatic carbocycles. The van der Waals surface area contributed by atoms with Crippen molar-refractivity contribution in [3.63, 3.8) is 0 Å². The third-order valence-corrected chi connectivity index (χ3v) is 6.96. The first-order chi connectivity index (χ1) is 15.8. The van der Waals surface area contributed by atoms with Crippen molar-refractivity contribution in [2.75, 3.05) is 16.8 Å². The molecule has 7 nitrogen and oxygen atoms in total. The molecule has 0 spiro atoms. The number of nitrogens with one attached hydrogen (secondary N) is 2. The first-order valence-corrected chi connectivity index (χ1v) is 12.2. The lowest BCUT2D eigenvalue weighted by Crippen LogP contribution is -2.24. The Hall–Kier alpha value is -3.49. The molecule has 0 aromatic heterocycles. The number of benzene rings is 3. The second-order valence-electron chi connectivity index (χ2n) is 7.94. The average Bonchev–Trinajstić information content (AvgIpc) is 3.24. The Labute approximate surface area is 193 Å².